The third-order valence-corrected chi connectivity index (χ3v) is 1.12. The number of esters is 2. The molecule has 63 valence electrons. The molecular weight excluding hydrogens is 214 g/mol. The maximum Gasteiger partial charge on any atom is 0.366 e. The molecule has 0 amide bonds. The van der Waals surface area contributed by atoms with E-state index in [0.717, 1.165) is 6.42 Å². The van der Waals surface area contributed by atoms with Gasteiger partial charge in [-0.3, -0.25) is 4.79 Å². The summed E-state index contributed by atoms with van der Waals surface area (Å²) >= 11 is 15.2. The summed E-state index contributed by atoms with van der Waals surface area (Å²) in [4.78, 5) is 21.0. The predicted octanol–water partition coefficient (Wildman–Crippen LogP) is 1.65. The number of carbonyl (C=O) groups excluding carboxylic acids is 2. The van der Waals surface area contributed by atoms with Gasteiger partial charge in [0.2, 0.25) is 0 Å². The van der Waals surface area contributed by atoms with Crippen LogP contribution in [-0.2, 0) is 14.3 Å². The SMILES string of the molecule is C[CH]C(=O)OC(=O)C(Cl)(Cl)Cl. The third kappa shape index (κ3) is 4.45. The van der Waals surface area contributed by atoms with Crippen molar-refractivity contribution in [3.8, 4) is 0 Å². The fraction of sp³-hybridized carbons (Fsp3) is 0.400. The average Bonchev–Trinajstić information content (AvgIpc) is 1.85. The zero-order valence-corrected chi connectivity index (χ0v) is 7.70. The van der Waals surface area contributed by atoms with E-state index in [1.165, 1.54) is 6.92 Å². The number of hydrogen-bond acceptors (Lipinski definition) is 3. The summed E-state index contributed by atoms with van der Waals surface area (Å²) in [6.45, 7) is 1.40. The minimum atomic E-state index is -2.20. The van der Waals surface area contributed by atoms with E-state index >= 15 is 0 Å². The van der Waals surface area contributed by atoms with Gasteiger partial charge in [0, 0.05) is 0 Å². The smallest absolute Gasteiger partial charge is 0.366 e. The largest absolute Gasteiger partial charge is 0.390 e. The molecule has 0 atom stereocenters. The van der Waals surface area contributed by atoms with E-state index in [2.05, 4.69) is 4.74 Å². The van der Waals surface area contributed by atoms with Crippen LogP contribution in [0.25, 0.3) is 0 Å². The first-order chi connectivity index (χ1) is 4.88. The van der Waals surface area contributed by atoms with Crippen LogP contribution in [0.3, 0.4) is 0 Å². The van der Waals surface area contributed by atoms with Gasteiger partial charge in [-0.25, -0.2) is 4.79 Å². The lowest BCUT2D eigenvalue weighted by atomic mass is 10.5. The molecule has 0 aromatic carbocycles. The van der Waals surface area contributed by atoms with Crippen LogP contribution < -0.4 is 0 Å². The van der Waals surface area contributed by atoms with Gasteiger partial charge in [-0.05, 0) is 0 Å². The number of halogens is 3. The highest BCUT2D eigenvalue weighted by Crippen LogP contribution is 2.27. The highest BCUT2D eigenvalue weighted by molar-refractivity contribution is 6.75. The molecule has 0 saturated heterocycles. The van der Waals surface area contributed by atoms with Gasteiger partial charge in [0.05, 0.1) is 6.42 Å². The first-order valence-electron chi connectivity index (χ1n) is 2.50. The summed E-state index contributed by atoms with van der Waals surface area (Å²) in [5.74, 6) is -2.05. The lowest BCUT2D eigenvalue weighted by molar-refractivity contribution is -0.156. The van der Waals surface area contributed by atoms with E-state index in [1.54, 1.807) is 0 Å². The molecule has 0 saturated carbocycles. The summed E-state index contributed by atoms with van der Waals surface area (Å²) in [6.07, 6.45) is 1.04. The second-order valence-electron chi connectivity index (χ2n) is 1.49. The van der Waals surface area contributed by atoms with Crippen molar-refractivity contribution in [2.24, 2.45) is 0 Å². The lowest BCUT2D eigenvalue weighted by Crippen LogP contribution is -2.24. The fourth-order valence-corrected chi connectivity index (χ4v) is 0.324. The van der Waals surface area contributed by atoms with Crippen LogP contribution in [-0.4, -0.2) is 15.7 Å². The minimum absolute atomic E-state index is 0.846. The Morgan fingerprint density at radius 1 is 1.36 bits per heavy atom. The van der Waals surface area contributed by atoms with Gasteiger partial charge in [-0.2, -0.15) is 0 Å². The molecule has 0 spiro atoms. The van der Waals surface area contributed by atoms with Crippen LogP contribution in [0, 0.1) is 6.42 Å². The Balaban J connectivity index is 3.99. The van der Waals surface area contributed by atoms with Crippen molar-refractivity contribution in [1.82, 2.24) is 0 Å². The van der Waals surface area contributed by atoms with Crippen LogP contribution >= 0.6 is 34.8 Å². The molecule has 0 heterocycles. The predicted molar refractivity (Wildman–Crippen MR) is 41.4 cm³/mol. The molecule has 0 fully saturated rings. The van der Waals surface area contributed by atoms with Gasteiger partial charge in [0.1, 0.15) is 0 Å². The molecular formula is C5H4Cl3O3. The normalized spacial score (nSPS) is 10.9. The van der Waals surface area contributed by atoms with Gasteiger partial charge in [0.15, 0.2) is 0 Å². The second-order valence-corrected chi connectivity index (χ2v) is 3.78. The van der Waals surface area contributed by atoms with Crippen LogP contribution in [0.1, 0.15) is 6.92 Å². The van der Waals surface area contributed by atoms with Crippen molar-refractivity contribution in [3.63, 3.8) is 0 Å². The van der Waals surface area contributed by atoms with Crippen molar-refractivity contribution in [2.75, 3.05) is 0 Å². The van der Waals surface area contributed by atoms with Gasteiger partial charge in [0.25, 0.3) is 3.79 Å². The molecule has 3 nitrogen and oxygen atoms in total. The Bertz CT molecular complexity index is 172. The fourth-order valence-electron chi connectivity index (χ4n) is 0.208. The Kier molecular flexibility index (Phi) is 4.14. The highest BCUT2D eigenvalue weighted by atomic mass is 35.6. The number of alkyl halides is 3. The van der Waals surface area contributed by atoms with E-state index < -0.39 is 15.7 Å². The molecule has 0 aromatic heterocycles. The van der Waals surface area contributed by atoms with Crippen LogP contribution in [0.5, 0.6) is 0 Å². The minimum Gasteiger partial charge on any atom is -0.390 e. The Morgan fingerprint density at radius 3 is 2.09 bits per heavy atom. The van der Waals surface area contributed by atoms with Crippen LogP contribution in [0.2, 0.25) is 0 Å². The summed E-state index contributed by atoms with van der Waals surface area (Å²) in [6, 6.07) is 0. The lowest BCUT2D eigenvalue weighted by Gasteiger charge is -2.07. The van der Waals surface area contributed by atoms with Gasteiger partial charge >= 0.3 is 11.9 Å². The number of hydrogen-bond donors (Lipinski definition) is 0. The monoisotopic (exact) mass is 217 g/mol. The van der Waals surface area contributed by atoms with E-state index in [0.29, 0.717) is 0 Å². The van der Waals surface area contributed by atoms with Crippen molar-refractivity contribution < 1.29 is 14.3 Å². The molecule has 0 rings (SSSR count). The van der Waals surface area contributed by atoms with Gasteiger partial charge in [-0.1, -0.05) is 41.7 Å². The van der Waals surface area contributed by atoms with Crippen molar-refractivity contribution in [3.05, 3.63) is 6.42 Å². The molecule has 6 heteroatoms. The molecule has 0 unspecified atom stereocenters. The quantitative estimate of drug-likeness (QED) is 0.382. The summed E-state index contributed by atoms with van der Waals surface area (Å²) in [7, 11) is 0. The highest BCUT2D eigenvalue weighted by Gasteiger charge is 2.34. The van der Waals surface area contributed by atoms with Crippen molar-refractivity contribution in [2.45, 2.75) is 10.7 Å². The van der Waals surface area contributed by atoms with E-state index in [4.69, 9.17) is 34.8 Å². The molecule has 0 N–H and O–H groups in total. The Labute approximate surface area is 78.5 Å². The summed E-state index contributed by atoms with van der Waals surface area (Å²) < 4.78 is 1.84. The number of ether oxygens (including phenoxy) is 1. The average molecular weight is 218 g/mol. The zero-order chi connectivity index (χ0) is 9.07. The van der Waals surface area contributed by atoms with Crippen molar-refractivity contribution in [1.29, 1.82) is 0 Å². The van der Waals surface area contributed by atoms with E-state index in [-0.39, 0.29) is 0 Å². The van der Waals surface area contributed by atoms with Crippen molar-refractivity contribution >= 4 is 46.7 Å². The molecule has 0 bridgehead atoms. The standard InChI is InChI=1S/C5H4Cl3O3/c1-2-3(9)11-4(10)5(6,7)8/h2H,1H3. The molecule has 0 aliphatic carbocycles. The van der Waals surface area contributed by atoms with Crippen LogP contribution in [0.15, 0.2) is 0 Å². The first kappa shape index (κ1) is 11.0. The Morgan fingerprint density at radius 2 is 1.82 bits per heavy atom. The maximum atomic E-state index is 10.6. The molecule has 0 aromatic rings. The Hall–Kier alpha value is 0.01000. The van der Waals surface area contributed by atoms with Gasteiger partial charge < -0.3 is 4.74 Å². The van der Waals surface area contributed by atoms with E-state index in [9.17, 15) is 9.59 Å². The second kappa shape index (κ2) is 4.14. The van der Waals surface area contributed by atoms with E-state index in [1.807, 2.05) is 0 Å². The van der Waals surface area contributed by atoms with Gasteiger partial charge in [-0.15, -0.1) is 0 Å². The molecule has 1 radical (unpaired) electrons. The summed E-state index contributed by atoms with van der Waals surface area (Å²) in [5.41, 5.74) is 0. The maximum absolute atomic E-state index is 10.6. The van der Waals surface area contributed by atoms with Crippen LogP contribution in [0.4, 0.5) is 0 Å². The summed E-state index contributed by atoms with van der Waals surface area (Å²) in [5, 5.41) is 0. The third-order valence-electron chi connectivity index (χ3n) is 0.660. The number of rotatable bonds is 1. The first-order valence-corrected chi connectivity index (χ1v) is 3.63. The topological polar surface area (TPSA) is 43.4 Å². The number of carbonyl (C=O) groups is 2. The molecule has 0 aliphatic rings. The molecule has 11 heavy (non-hydrogen) atoms. The zero-order valence-electron chi connectivity index (χ0n) is 5.44. The molecule has 0 aliphatic heterocycles.